The van der Waals surface area contributed by atoms with Crippen molar-refractivity contribution in [3.8, 4) is 0 Å². The lowest BCUT2D eigenvalue weighted by Gasteiger charge is -2.28. The van der Waals surface area contributed by atoms with Crippen LogP contribution in [0.4, 0.5) is 5.69 Å². The van der Waals surface area contributed by atoms with Gasteiger partial charge in [-0.3, -0.25) is 9.10 Å². The van der Waals surface area contributed by atoms with Gasteiger partial charge in [0, 0.05) is 22.8 Å². The summed E-state index contributed by atoms with van der Waals surface area (Å²) in [5.74, 6) is -0.898. The first kappa shape index (κ1) is 30.6. The number of carboxylic acids is 1. The molecule has 8 nitrogen and oxygen atoms in total. The summed E-state index contributed by atoms with van der Waals surface area (Å²) in [6.45, 7) is 3.55. The number of thiophene rings is 1. The zero-order chi connectivity index (χ0) is 30.9. The van der Waals surface area contributed by atoms with Crippen molar-refractivity contribution >= 4 is 72.2 Å². The summed E-state index contributed by atoms with van der Waals surface area (Å²) in [6.07, 6.45) is 1.51. The highest BCUT2D eigenvalue weighted by molar-refractivity contribution is 7.92. The van der Waals surface area contributed by atoms with E-state index in [4.69, 9.17) is 27.6 Å². The second-order valence-electron chi connectivity index (χ2n) is 9.68. The van der Waals surface area contributed by atoms with E-state index in [0.717, 1.165) is 11.3 Å². The molecule has 1 N–H and O–H groups in total. The lowest BCUT2D eigenvalue weighted by atomic mass is 10.1. The average Bonchev–Trinajstić information content (AvgIpc) is 3.61. The van der Waals surface area contributed by atoms with Crippen molar-refractivity contribution in [3.63, 3.8) is 0 Å². The van der Waals surface area contributed by atoms with Gasteiger partial charge in [0.05, 0.1) is 34.0 Å². The number of carbonyl (C=O) groups excluding carboxylic acids is 1. The fraction of sp³-hybridized carbons (Fsp3) is 0.161. The highest BCUT2D eigenvalue weighted by atomic mass is 35.5. The SMILES string of the molecule is CCN(c1ccc(Cl)cc1CN(Cc1ccco1)C(=O)c1ccccc1Cl)S(=O)(=O)c1ccc2sc(C(=O)O)c(C)c2c1. The van der Waals surface area contributed by atoms with Gasteiger partial charge >= 0.3 is 5.97 Å². The van der Waals surface area contributed by atoms with Crippen LogP contribution < -0.4 is 4.31 Å². The number of aromatic carboxylic acids is 1. The molecule has 0 atom stereocenters. The second-order valence-corrected chi connectivity index (χ2v) is 13.4. The van der Waals surface area contributed by atoms with Crippen molar-refractivity contribution in [3.05, 3.63) is 116 Å². The molecule has 0 aliphatic rings. The topological polar surface area (TPSA) is 108 Å². The lowest BCUT2D eigenvalue weighted by molar-refractivity contribution is 0.0698. The molecule has 5 rings (SSSR count). The standard InChI is InChI=1S/C31H26Cl2N2O6S2/c1-3-35(43(39,40)23-11-13-28-25(16-23)19(2)29(42-28)31(37)38)27-12-10-21(32)15-20(27)17-34(18-22-7-6-14-41-22)30(36)24-8-4-5-9-26(24)33/h4-16H,3,17-18H2,1-2H3,(H,37,38). The van der Waals surface area contributed by atoms with Crippen molar-refractivity contribution in [1.29, 1.82) is 0 Å². The number of sulfonamides is 1. The van der Waals surface area contributed by atoms with E-state index in [2.05, 4.69) is 0 Å². The van der Waals surface area contributed by atoms with Crippen LogP contribution in [-0.4, -0.2) is 36.8 Å². The van der Waals surface area contributed by atoms with Crippen LogP contribution in [0.5, 0.6) is 0 Å². The molecule has 0 unspecified atom stereocenters. The zero-order valence-electron chi connectivity index (χ0n) is 23.1. The molecular formula is C31H26Cl2N2O6S2. The fourth-order valence-electron chi connectivity index (χ4n) is 4.89. The highest BCUT2D eigenvalue weighted by Gasteiger charge is 2.29. The van der Waals surface area contributed by atoms with E-state index in [9.17, 15) is 23.1 Å². The van der Waals surface area contributed by atoms with Gasteiger partial charge in [0.15, 0.2) is 0 Å². The molecule has 0 saturated carbocycles. The Kier molecular flexibility index (Phi) is 8.84. The monoisotopic (exact) mass is 656 g/mol. The molecule has 0 spiro atoms. The smallest absolute Gasteiger partial charge is 0.346 e. The number of benzene rings is 3. The van der Waals surface area contributed by atoms with Crippen LogP contribution in [-0.2, 0) is 23.1 Å². The first-order valence-corrected chi connectivity index (χ1v) is 16.2. The quantitative estimate of drug-likeness (QED) is 0.164. The number of anilines is 1. The van der Waals surface area contributed by atoms with E-state index >= 15 is 0 Å². The maximum Gasteiger partial charge on any atom is 0.346 e. The van der Waals surface area contributed by atoms with Gasteiger partial charge in [0.1, 0.15) is 10.6 Å². The Hall–Kier alpha value is -3.83. The Balaban J connectivity index is 1.57. The number of rotatable bonds is 10. The van der Waals surface area contributed by atoms with Gasteiger partial charge < -0.3 is 14.4 Å². The summed E-state index contributed by atoms with van der Waals surface area (Å²) in [4.78, 5) is 27.1. The van der Waals surface area contributed by atoms with Gasteiger partial charge in [0.2, 0.25) is 0 Å². The minimum atomic E-state index is -4.12. The molecule has 12 heteroatoms. The molecule has 5 aromatic rings. The van der Waals surface area contributed by atoms with Crippen LogP contribution in [0.3, 0.4) is 0 Å². The number of fused-ring (bicyclic) bond motifs is 1. The molecule has 2 heterocycles. The van der Waals surface area contributed by atoms with E-state index in [-0.39, 0.29) is 40.3 Å². The van der Waals surface area contributed by atoms with Gasteiger partial charge in [-0.05, 0) is 91.0 Å². The fourth-order valence-corrected chi connectivity index (χ4v) is 7.86. The first-order valence-electron chi connectivity index (χ1n) is 13.1. The number of amides is 1. The van der Waals surface area contributed by atoms with Crippen LogP contribution in [0.2, 0.25) is 10.0 Å². The number of carbonyl (C=O) groups is 2. The number of halogens is 2. The van der Waals surface area contributed by atoms with Gasteiger partial charge in [-0.2, -0.15) is 0 Å². The van der Waals surface area contributed by atoms with Gasteiger partial charge in [0.25, 0.3) is 15.9 Å². The zero-order valence-corrected chi connectivity index (χ0v) is 26.2. The summed E-state index contributed by atoms with van der Waals surface area (Å²) in [6, 6.07) is 19.6. The highest BCUT2D eigenvalue weighted by Crippen LogP contribution is 2.36. The first-order chi connectivity index (χ1) is 20.5. The maximum absolute atomic E-state index is 14.1. The molecule has 2 aromatic heterocycles. The summed E-state index contributed by atoms with van der Waals surface area (Å²) < 4.78 is 35.7. The third kappa shape index (κ3) is 6.14. The third-order valence-electron chi connectivity index (χ3n) is 6.97. The number of hydrogen-bond donors (Lipinski definition) is 1. The molecule has 0 fully saturated rings. The van der Waals surface area contributed by atoms with Crippen molar-refractivity contribution in [2.24, 2.45) is 0 Å². The van der Waals surface area contributed by atoms with Crippen LogP contribution in [0.15, 0.2) is 88.4 Å². The Morgan fingerprint density at radius 2 is 1.74 bits per heavy atom. The summed E-state index contributed by atoms with van der Waals surface area (Å²) in [7, 11) is -4.12. The lowest BCUT2D eigenvalue weighted by Crippen LogP contribution is -2.34. The Labute approximate surface area is 262 Å². The van der Waals surface area contributed by atoms with Crippen LogP contribution in [0, 0.1) is 6.92 Å². The molecule has 0 aliphatic heterocycles. The molecule has 0 saturated heterocycles. The second kappa shape index (κ2) is 12.4. The summed E-state index contributed by atoms with van der Waals surface area (Å²) in [5.41, 5.74) is 1.63. The van der Waals surface area contributed by atoms with Crippen LogP contribution in [0.1, 0.15) is 43.8 Å². The van der Waals surface area contributed by atoms with Crippen molar-refractivity contribution in [2.75, 3.05) is 10.8 Å². The molecule has 0 aliphatic carbocycles. The van der Waals surface area contributed by atoms with Crippen LogP contribution >= 0.6 is 34.5 Å². The number of aryl methyl sites for hydroxylation is 1. The van der Waals surface area contributed by atoms with Crippen molar-refractivity contribution in [1.82, 2.24) is 4.90 Å². The van der Waals surface area contributed by atoms with E-state index < -0.39 is 16.0 Å². The van der Waals surface area contributed by atoms with Gasteiger partial charge in [-0.15, -0.1) is 11.3 Å². The van der Waals surface area contributed by atoms with E-state index in [1.165, 1.54) is 27.6 Å². The molecule has 0 bridgehead atoms. The minimum Gasteiger partial charge on any atom is -0.477 e. The maximum atomic E-state index is 14.1. The number of furan rings is 1. The average molecular weight is 658 g/mol. The number of carboxylic acid groups (broad SMARTS) is 1. The van der Waals surface area contributed by atoms with Crippen LogP contribution in [0.25, 0.3) is 10.1 Å². The minimum absolute atomic E-state index is 0.00266. The number of hydrogen-bond acceptors (Lipinski definition) is 6. The largest absolute Gasteiger partial charge is 0.477 e. The number of nitrogens with zero attached hydrogens (tertiary/aromatic N) is 2. The molecule has 43 heavy (non-hydrogen) atoms. The molecule has 1 amide bonds. The van der Waals surface area contributed by atoms with E-state index in [1.807, 2.05) is 0 Å². The van der Waals surface area contributed by atoms with Gasteiger partial charge in [-0.25, -0.2) is 13.2 Å². The molecular weight excluding hydrogens is 631 g/mol. The summed E-state index contributed by atoms with van der Waals surface area (Å²) >= 11 is 13.9. The Bertz CT molecular complexity index is 1940. The van der Waals surface area contributed by atoms with Crippen molar-refractivity contribution < 1.29 is 27.5 Å². The van der Waals surface area contributed by atoms with E-state index in [1.54, 1.807) is 74.5 Å². The Morgan fingerprint density at radius 1 is 0.977 bits per heavy atom. The molecule has 222 valence electrons. The van der Waals surface area contributed by atoms with E-state index in [0.29, 0.717) is 43.2 Å². The third-order valence-corrected chi connectivity index (χ3v) is 10.7. The summed E-state index contributed by atoms with van der Waals surface area (Å²) in [5, 5.41) is 10.7. The van der Waals surface area contributed by atoms with Crippen molar-refractivity contribution in [2.45, 2.75) is 31.8 Å². The normalized spacial score (nSPS) is 11.5. The van der Waals surface area contributed by atoms with Gasteiger partial charge in [-0.1, -0.05) is 35.3 Å². The Morgan fingerprint density at radius 3 is 2.42 bits per heavy atom. The molecule has 3 aromatic carbocycles. The molecule has 0 radical (unpaired) electrons. The predicted molar refractivity (Wildman–Crippen MR) is 169 cm³/mol. The predicted octanol–water partition coefficient (Wildman–Crippen LogP) is 7.87.